The van der Waals surface area contributed by atoms with Crippen LogP contribution >= 0.6 is 0 Å². The summed E-state index contributed by atoms with van der Waals surface area (Å²) in [4.78, 5) is 12.4. The Kier molecular flexibility index (Phi) is 2.93. The van der Waals surface area contributed by atoms with Crippen LogP contribution in [0.25, 0.3) is 11.3 Å². The van der Waals surface area contributed by atoms with Crippen molar-refractivity contribution in [3.63, 3.8) is 0 Å². The highest BCUT2D eigenvalue weighted by atomic mass is 16.7. The first kappa shape index (κ1) is 13.9. The minimum atomic E-state index is -0.374. The van der Waals surface area contributed by atoms with Gasteiger partial charge >= 0.3 is 0 Å². The average molecular weight is 334 g/mol. The number of hydrogen-bond donors (Lipinski definition) is 3. The van der Waals surface area contributed by atoms with Gasteiger partial charge in [0.05, 0.1) is 17.5 Å². The smallest absolute Gasteiger partial charge is 0.255 e. The largest absolute Gasteiger partial charge is 0.454 e. The Balaban J connectivity index is 1.53. The van der Waals surface area contributed by atoms with Crippen LogP contribution in [0.15, 0.2) is 48.7 Å². The van der Waals surface area contributed by atoms with E-state index in [2.05, 4.69) is 20.8 Å². The van der Waals surface area contributed by atoms with E-state index in [-0.39, 0.29) is 18.9 Å². The quantitative estimate of drug-likeness (QED) is 0.670. The predicted molar refractivity (Wildman–Crippen MR) is 90.4 cm³/mol. The highest BCUT2D eigenvalue weighted by Gasteiger charge is 2.27. The number of amides is 1. The average Bonchev–Trinajstić information content (AvgIpc) is 3.30. The number of para-hydroxylation sites is 1. The normalized spacial score (nSPS) is 17.6. The first-order valence-electron chi connectivity index (χ1n) is 7.89. The van der Waals surface area contributed by atoms with E-state index in [4.69, 9.17) is 9.47 Å². The molecule has 0 fully saturated rings. The molecule has 0 bridgehead atoms. The molecule has 0 saturated carbocycles. The zero-order chi connectivity index (χ0) is 16.8. The van der Waals surface area contributed by atoms with E-state index in [0.29, 0.717) is 11.3 Å². The molecule has 2 aliphatic heterocycles. The van der Waals surface area contributed by atoms with Crippen LogP contribution in [0.5, 0.6) is 11.5 Å². The molecule has 2 aliphatic rings. The van der Waals surface area contributed by atoms with Gasteiger partial charge in [-0.2, -0.15) is 5.10 Å². The summed E-state index contributed by atoms with van der Waals surface area (Å²) in [5.41, 5.74) is 4.00. The minimum absolute atomic E-state index is 0.114. The van der Waals surface area contributed by atoms with Gasteiger partial charge in [0.15, 0.2) is 11.5 Å². The molecular formula is C18H14N4O3. The van der Waals surface area contributed by atoms with Crippen LogP contribution < -0.4 is 20.1 Å². The molecule has 0 saturated heterocycles. The van der Waals surface area contributed by atoms with Gasteiger partial charge in [0.25, 0.3) is 5.91 Å². The Bertz CT molecular complexity index is 982. The van der Waals surface area contributed by atoms with Gasteiger partial charge in [-0.25, -0.2) is 0 Å². The number of aromatic nitrogens is 2. The third kappa shape index (κ3) is 2.20. The number of benzene rings is 2. The zero-order valence-corrected chi connectivity index (χ0v) is 13.1. The molecule has 124 valence electrons. The van der Waals surface area contributed by atoms with Gasteiger partial charge in [0.2, 0.25) is 6.79 Å². The second kappa shape index (κ2) is 5.27. The van der Waals surface area contributed by atoms with Crippen molar-refractivity contribution in [2.75, 3.05) is 12.1 Å². The minimum Gasteiger partial charge on any atom is -0.454 e. The van der Waals surface area contributed by atoms with Gasteiger partial charge in [-0.3, -0.25) is 9.89 Å². The topological polar surface area (TPSA) is 88.3 Å². The molecule has 7 nitrogen and oxygen atoms in total. The third-order valence-electron chi connectivity index (χ3n) is 4.39. The molecule has 0 spiro atoms. The Morgan fingerprint density at radius 3 is 2.88 bits per heavy atom. The van der Waals surface area contributed by atoms with E-state index in [1.54, 1.807) is 12.3 Å². The molecule has 0 unspecified atom stereocenters. The van der Waals surface area contributed by atoms with Crippen LogP contribution in [0.3, 0.4) is 0 Å². The predicted octanol–water partition coefficient (Wildman–Crippen LogP) is 2.66. The number of nitrogens with zero attached hydrogens (tertiary/aromatic N) is 1. The maximum Gasteiger partial charge on any atom is 0.255 e. The van der Waals surface area contributed by atoms with Crippen molar-refractivity contribution in [1.29, 1.82) is 0 Å². The van der Waals surface area contributed by atoms with Gasteiger partial charge in [-0.05, 0) is 30.3 Å². The second-order valence-electron chi connectivity index (χ2n) is 5.86. The second-order valence-corrected chi connectivity index (χ2v) is 5.86. The van der Waals surface area contributed by atoms with Crippen molar-refractivity contribution in [3.05, 3.63) is 59.8 Å². The van der Waals surface area contributed by atoms with E-state index < -0.39 is 0 Å². The number of carbonyl (C=O) groups is 1. The Hall–Kier alpha value is -3.48. The molecule has 3 heterocycles. The number of rotatable bonds is 2. The van der Waals surface area contributed by atoms with Crippen molar-refractivity contribution in [2.24, 2.45) is 0 Å². The zero-order valence-electron chi connectivity index (χ0n) is 13.1. The SMILES string of the molecule is O=C1N[C@@H](c2cn[nH]c2-c2ccc3c(c2)OCO3)Nc2ccccc21. The van der Waals surface area contributed by atoms with Gasteiger partial charge in [0, 0.05) is 16.8 Å². The lowest BCUT2D eigenvalue weighted by Gasteiger charge is -2.27. The Morgan fingerprint density at radius 1 is 1.04 bits per heavy atom. The lowest BCUT2D eigenvalue weighted by Crippen LogP contribution is -2.38. The van der Waals surface area contributed by atoms with Crippen molar-refractivity contribution in [2.45, 2.75) is 6.17 Å². The maximum atomic E-state index is 12.4. The van der Waals surface area contributed by atoms with E-state index >= 15 is 0 Å². The number of H-pyrrole nitrogens is 1. The molecule has 3 aromatic rings. The fourth-order valence-corrected chi connectivity index (χ4v) is 3.16. The fourth-order valence-electron chi connectivity index (χ4n) is 3.16. The summed E-state index contributed by atoms with van der Waals surface area (Å²) in [6.07, 6.45) is 1.34. The lowest BCUT2D eigenvalue weighted by molar-refractivity contribution is 0.0936. The molecule has 7 heteroatoms. The molecule has 25 heavy (non-hydrogen) atoms. The highest BCUT2D eigenvalue weighted by molar-refractivity contribution is 6.01. The van der Waals surface area contributed by atoms with Crippen LogP contribution in [0.4, 0.5) is 5.69 Å². The molecule has 2 aromatic carbocycles. The molecule has 0 aliphatic carbocycles. The van der Waals surface area contributed by atoms with Gasteiger partial charge in [0.1, 0.15) is 6.17 Å². The van der Waals surface area contributed by atoms with Crippen LogP contribution in [0.2, 0.25) is 0 Å². The number of anilines is 1. The molecule has 1 amide bonds. The van der Waals surface area contributed by atoms with Gasteiger partial charge in [-0.1, -0.05) is 12.1 Å². The van der Waals surface area contributed by atoms with E-state index in [1.165, 1.54) is 0 Å². The molecule has 1 atom stereocenters. The summed E-state index contributed by atoms with van der Waals surface area (Å²) >= 11 is 0. The number of hydrogen-bond acceptors (Lipinski definition) is 5. The molecule has 1 aromatic heterocycles. The number of ether oxygens (including phenoxy) is 2. The summed E-state index contributed by atoms with van der Waals surface area (Å²) in [7, 11) is 0. The number of carbonyl (C=O) groups excluding carboxylic acids is 1. The molecule has 0 radical (unpaired) electrons. The van der Waals surface area contributed by atoms with Crippen LogP contribution in [-0.4, -0.2) is 22.9 Å². The van der Waals surface area contributed by atoms with E-state index in [9.17, 15) is 4.79 Å². The van der Waals surface area contributed by atoms with Crippen molar-refractivity contribution in [1.82, 2.24) is 15.5 Å². The summed E-state index contributed by atoms with van der Waals surface area (Å²) in [6, 6.07) is 13.1. The molecule has 3 N–H and O–H groups in total. The van der Waals surface area contributed by atoms with E-state index in [0.717, 1.165) is 28.3 Å². The van der Waals surface area contributed by atoms with Crippen molar-refractivity contribution < 1.29 is 14.3 Å². The maximum absolute atomic E-state index is 12.4. The highest BCUT2D eigenvalue weighted by Crippen LogP contribution is 2.37. The first-order chi connectivity index (χ1) is 12.3. The number of aromatic amines is 1. The number of fused-ring (bicyclic) bond motifs is 2. The van der Waals surface area contributed by atoms with E-state index in [1.807, 2.05) is 36.4 Å². The molecule has 5 rings (SSSR count). The van der Waals surface area contributed by atoms with Crippen molar-refractivity contribution >= 4 is 11.6 Å². The standard InChI is InChI=1S/C18H14N4O3/c23-18-11-3-1-2-4-13(11)20-17(21-18)12-8-19-22-16(12)10-5-6-14-15(7-10)25-9-24-14/h1-8,17,20H,9H2,(H,19,22)(H,21,23)/t17-/m0/s1. The lowest BCUT2D eigenvalue weighted by atomic mass is 10.0. The van der Waals surface area contributed by atoms with Gasteiger partial charge in [-0.15, -0.1) is 0 Å². The third-order valence-corrected chi connectivity index (χ3v) is 4.39. The van der Waals surface area contributed by atoms with Crippen LogP contribution in [0, 0.1) is 0 Å². The summed E-state index contributed by atoms with van der Waals surface area (Å²) < 4.78 is 10.8. The summed E-state index contributed by atoms with van der Waals surface area (Å²) in [5, 5.41) is 13.5. The fraction of sp³-hybridized carbons (Fsp3) is 0.111. The van der Waals surface area contributed by atoms with Crippen LogP contribution in [0.1, 0.15) is 22.1 Å². The summed E-state index contributed by atoms with van der Waals surface area (Å²) in [6.45, 7) is 0.228. The Labute approximate surface area is 143 Å². The number of nitrogens with one attached hydrogen (secondary N) is 3. The molecular weight excluding hydrogens is 320 g/mol. The first-order valence-corrected chi connectivity index (χ1v) is 7.89. The Morgan fingerprint density at radius 2 is 1.92 bits per heavy atom. The van der Waals surface area contributed by atoms with Gasteiger partial charge < -0.3 is 20.1 Å². The van der Waals surface area contributed by atoms with Crippen molar-refractivity contribution in [3.8, 4) is 22.8 Å². The monoisotopic (exact) mass is 334 g/mol. The summed E-state index contributed by atoms with van der Waals surface area (Å²) in [5.74, 6) is 1.31. The van der Waals surface area contributed by atoms with Crippen LogP contribution in [-0.2, 0) is 0 Å².